The van der Waals surface area contributed by atoms with Gasteiger partial charge in [0.1, 0.15) is 11.1 Å². The van der Waals surface area contributed by atoms with Crippen LogP contribution >= 0.6 is 23.2 Å². The zero-order chi connectivity index (χ0) is 14.0. The molecule has 1 aromatic carbocycles. The largest absolute Gasteiger partial charge is 0.288 e. The number of hydrogen-bond donors (Lipinski definition) is 0. The van der Waals surface area contributed by atoms with Gasteiger partial charge in [0.05, 0.1) is 15.9 Å². The van der Waals surface area contributed by atoms with E-state index in [1.807, 2.05) is 0 Å². The molecule has 1 rings (SSSR count). The molecule has 1 aromatic rings. The number of nitrogens with zero attached hydrogens (tertiary/aromatic N) is 2. The Hall–Kier alpha value is -2.06. The van der Waals surface area contributed by atoms with Crippen LogP contribution < -0.4 is 0 Å². The van der Waals surface area contributed by atoms with Crippen LogP contribution in [0, 0.1) is 20.2 Å². The molecule has 0 saturated heterocycles. The van der Waals surface area contributed by atoms with E-state index >= 15 is 0 Å². The number of benzene rings is 1. The number of hydrogen-bond acceptors (Lipinski definition) is 6. The van der Waals surface area contributed by atoms with Crippen molar-refractivity contribution in [2.24, 2.45) is 0 Å². The quantitative estimate of drug-likeness (QED) is 0.477. The highest BCUT2D eigenvalue weighted by molar-refractivity contribution is 6.69. The van der Waals surface area contributed by atoms with Crippen molar-refractivity contribution in [2.75, 3.05) is 0 Å². The van der Waals surface area contributed by atoms with E-state index in [9.17, 15) is 29.8 Å². The Morgan fingerprint density at radius 2 is 1.22 bits per heavy atom. The van der Waals surface area contributed by atoms with E-state index in [1.54, 1.807) is 0 Å². The van der Waals surface area contributed by atoms with E-state index in [2.05, 4.69) is 0 Å². The van der Waals surface area contributed by atoms with Crippen LogP contribution in [0.15, 0.2) is 12.1 Å². The van der Waals surface area contributed by atoms with Crippen molar-refractivity contribution in [1.29, 1.82) is 0 Å². The minimum absolute atomic E-state index is 0.464. The molecule has 0 aliphatic heterocycles. The van der Waals surface area contributed by atoms with Gasteiger partial charge in [0.25, 0.3) is 21.9 Å². The Morgan fingerprint density at radius 1 is 0.889 bits per heavy atom. The lowest BCUT2D eigenvalue weighted by molar-refractivity contribution is -0.394. The third-order valence-electron chi connectivity index (χ3n) is 1.93. The lowest BCUT2D eigenvalue weighted by Crippen LogP contribution is -2.05. The summed E-state index contributed by atoms with van der Waals surface area (Å²) < 4.78 is 0. The van der Waals surface area contributed by atoms with E-state index in [4.69, 9.17) is 23.2 Å². The van der Waals surface area contributed by atoms with Gasteiger partial charge in [-0.2, -0.15) is 0 Å². The summed E-state index contributed by atoms with van der Waals surface area (Å²) in [5.74, 6) is 0. The summed E-state index contributed by atoms with van der Waals surface area (Å²) in [6.45, 7) is 0. The molecule has 94 valence electrons. The molecular weight excluding hydrogens is 291 g/mol. The van der Waals surface area contributed by atoms with Crippen LogP contribution in [0.25, 0.3) is 0 Å². The summed E-state index contributed by atoms with van der Waals surface area (Å²) in [5.41, 5.74) is -3.03. The van der Waals surface area contributed by atoms with Crippen molar-refractivity contribution in [1.82, 2.24) is 0 Å². The van der Waals surface area contributed by atoms with Gasteiger partial charge in [-0.05, 0) is 29.3 Å². The molecule has 0 atom stereocenters. The van der Waals surface area contributed by atoms with Gasteiger partial charge in [-0.3, -0.25) is 29.8 Å². The summed E-state index contributed by atoms with van der Waals surface area (Å²) in [6.07, 6.45) is 0. The zero-order valence-electron chi connectivity index (χ0n) is 8.25. The molecule has 0 amide bonds. The lowest BCUT2D eigenvalue weighted by Gasteiger charge is -2.01. The van der Waals surface area contributed by atoms with E-state index < -0.39 is 42.8 Å². The van der Waals surface area contributed by atoms with Crippen molar-refractivity contribution in [3.8, 4) is 0 Å². The molecule has 0 spiro atoms. The molecular formula is C8H2Cl2N2O6. The predicted molar refractivity (Wildman–Crippen MR) is 60.1 cm³/mol. The number of carbonyl (C=O) groups excluding carboxylic acids is 2. The molecule has 0 N–H and O–H groups in total. The van der Waals surface area contributed by atoms with Gasteiger partial charge in [-0.15, -0.1) is 0 Å². The SMILES string of the molecule is O=C(Cl)c1cc(C(=O)Cl)c([N+](=O)[O-])cc1[N+](=O)[O-]. The van der Waals surface area contributed by atoms with Crippen LogP contribution in [0.1, 0.15) is 20.7 Å². The minimum atomic E-state index is -1.23. The van der Waals surface area contributed by atoms with Crippen molar-refractivity contribution in [2.45, 2.75) is 0 Å². The van der Waals surface area contributed by atoms with Crippen molar-refractivity contribution in [3.63, 3.8) is 0 Å². The first-order valence-corrected chi connectivity index (χ1v) is 4.87. The Bertz CT molecular complexity index is 487. The van der Waals surface area contributed by atoms with Crippen molar-refractivity contribution < 1.29 is 19.4 Å². The highest BCUT2D eigenvalue weighted by atomic mass is 35.5. The predicted octanol–water partition coefficient (Wildman–Crippen LogP) is 2.26. The summed E-state index contributed by atoms with van der Waals surface area (Å²) in [6, 6.07) is 1.09. The zero-order valence-corrected chi connectivity index (χ0v) is 9.77. The van der Waals surface area contributed by atoms with Gasteiger partial charge in [-0.1, -0.05) is 0 Å². The molecule has 0 aromatic heterocycles. The first-order chi connectivity index (χ1) is 8.25. The van der Waals surface area contributed by atoms with Crippen molar-refractivity contribution >= 4 is 45.1 Å². The van der Waals surface area contributed by atoms with Crippen LogP contribution in [0.4, 0.5) is 11.4 Å². The molecule has 0 unspecified atom stereocenters. The summed E-state index contributed by atoms with van der Waals surface area (Å²) in [5, 5.41) is 18.8. The summed E-state index contributed by atoms with van der Waals surface area (Å²) >= 11 is 10.2. The van der Waals surface area contributed by atoms with E-state index in [0.29, 0.717) is 12.1 Å². The Balaban J connectivity index is 3.71. The topological polar surface area (TPSA) is 120 Å². The Kier molecular flexibility index (Phi) is 3.94. The van der Waals surface area contributed by atoms with Crippen LogP contribution in [0.5, 0.6) is 0 Å². The van der Waals surface area contributed by atoms with Gasteiger partial charge < -0.3 is 0 Å². The molecule has 8 nitrogen and oxygen atoms in total. The number of rotatable bonds is 4. The average Bonchev–Trinajstić information content (AvgIpc) is 2.26. The fourth-order valence-electron chi connectivity index (χ4n) is 1.19. The van der Waals surface area contributed by atoms with E-state index in [1.165, 1.54) is 0 Å². The van der Waals surface area contributed by atoms with Gasteiger partial charge in [0.15, 0.2) is 0 Å². The van der Waals surface area contributed by atoms with Crippen LogP contribution in [-0.4, -0.2) is 20.3 Å². The lowest BCUT2D eigenvalue weighted by atomic mass is 10.1. The second-order valence-corrected chi connectivity index (χ2v) is 3.63. The third kappa shape index (κ3) is 2.60. The molecule has 0 bridgehead atoms. The van der Waals surface area contributed by atoms with E-state index in [-0.39, 0.29) is 0 Å². The van der Waals surface area contributed by atoms with Crippen LogP contribution in [0.3, 0.4) is 0 Å². The molecule has 18 heavy (non-hydrogen) atoms. The first kappa shape index (κ1) is 14.0. The van der Waals surface area contributed by atoms with E-state index in [0.717, 1.165) is 0 Å². The van der Waals surface area contributed by atoms with Gasteiger partial charge in [0, 0.05) is 0 Å². The third-order valence-corrected chi connectivity index (χ3v) is 2.34. The maximum absolute atomic E-state index is 11.0. The maximum Gasteiger partial charge on any atom is 0.288 e. The monoisotopic (exact) mass is 292 g/mol. The maximum atomic E-state index is 11.0. The molecule has 0 radical (unpaired) electrons. The number of carbonyl (C=O) groups is 2. The highest BCUT2D eigenvalue weighted by Gasteiger charge is 2.29. The highest BCUT2D eigenvalue weighted by Crippen LogP contribution is 2.30. The first-order valence-electron chi connectivity index (χ1n) is 4.12. The fraction of sp³-hybridized carbons (Fsp3) is 0. The van der Waals surface area contributed by atoms with Gasteiger partial charge >= 0.3 is 0 Å². The second kappa shape index (κ2) is 5.07. The van der Waals surface area contributed by atoms with Gasteiger partial charge in [-0.25, -0.2) is 0 Å². The standard InChI is InChI=1S/C8H2Cl2N2O6/c9-7(13)3-1-4(8(10)14)6(12(17)18)2-5(3)11(15)16/h1-2H. The smallest absolute Gasteiger partial charge is 0.275 e. The molecule has 0 heterocycles. The molecule has 0 fully saturated rings. The normalized spacial score (nSPS) is 9.89. The number of nitro groups is 2. The summed E-state index contributed by atoms with van der Waals surface area (Å²) in [4.78, 5) is 41.2. The molecule has 0 aliphatic carbocycles. The van der Waals surface area contributed by atoms with Gasteiger partial charge in [0.2, 0.25) is 0 Å². The van der Waals surface area contributed by atoms with Crippen LogP contribution in [0.2, 0.25) is 0 Å². The fourth-order valence-corrected chi connectivity index (χ4v) is 1.50. The molecule has 0 saturated carbocycles. The number of halogens is 2. The average molecular weight is 293 g/mol. The van der Waals surface area contributed by atoms with Crippen molar-refractivity contribution in [3.05, 3.63) is 43.5 Å². The second-order valence-electron chi connectivity index (χ2n) is 2.95. The molecule has 10 heteroatoms. The van der Waals surface area contributed by atoms with Crippen LogP contribution in [-0.2, 0) is 0 Å². The Morgan fingerprint density at radius 3 is 1.44 bits per heavy atom. The Labute approximate surface area is 108 Å². The molecule has 0 aliphatic rings. The minimum Gasteiger partial charge on any atom is -0.275 e. The number of nitro benzene ring substituents is 2. The summed E-state index contributed by atoms with van der Waals surface area (Å²) in [7, 11) is 0.